The van der Waals surface area contributed by atoms with Gasteiger partial charge in [0.2, 0.25) is 0 Å². The van der Waals surface area contributed by atoms with Gasteiger partial charge in [-0.15, -0.1) is 0 Å². The number of rotatable bonds is 4. The van der Waals surface area contributed by atoms with Crippen LogP contribution in [0.2, 0.25) is 0 Å². The average Bonchev–Trinajstić information content (AvgIpc) is 2.47. The summed E-state index contributed by atoms with van der Waals surface area (Å²) >= 11 is 0. The molecule has 2 aromatic carbocycles. The molecule has 120 valence electrons. The fraction of sp³-hybridized carbons (Fsp3) is 0.263. The van der Waals surface area contributed by atoms with Gasteiger partial charge in [0.1, 0.15) is 11.5 Å². The van der Waals surface area contributed by atoms with Crippen molar-refractivity contribution in [2.24, 2.45) is 0 Å². The van der Waals surface area contributed by atoms with Crippen LogP contribution >= 0.6 is 0 Å². The Hall–Kier alpha value is -2.62. The van der Waals surface area contributed by atoms with E-state index in [1.807, 2.05) is 13.8 Å². The summed E-state index contributed by atoms with van der Waals surface area (Å²) in [6.07, 6.45) is 0. The molecule has 0 aromatic heterocycles. The molecule has 0 saturated carbocycles. The van der Waals surface area contributed by atoms with Crippen molar-refractivity contribution in [2.75, 3.05) is 0 Å². The lowest BCUT2D eigenvalue weighted by Gasteiger charge is -2.27. The van der Waals surface area contributed by atoms with Crippen LogP contribution in [0.4, 0.5) is 0 Å². The molecule has 4 nitrogen and oxygen atoms in total. The van der Waals surface area contributed by atoms with Crippen LogP contribution in [0.1, 0.15) is 59.5 Å². The highest BCUT2D eigenvalue weighted by atomic mass is 16.3. The molecule has 0 heterocycles. The number of phenols is 2. The van der Waals surface area contributed by atoms with E-state index in [2.05, 4.69) is 0 Å². The van der Waals surface area contributed by atoms with Gasteiger partial charge < -0.3 is 10.2 Å². The predicted molar refractivity (Wildman–Crippen MR) is 88.4 cm³/mol. The van der Waals surface area contributed by atoms with E-state index in [0.29, 0.717) is 0 Å². The number of phenolic OH excluding ortho intramolecular Hbond substituents is 2. The summed E-state index contributed by atoms with van der Waals surface area (Å²) in [6, 6.07) is 9.83. The first kappa shape index (κ1) is 16.7. The molecule has 0 aliphatic heterocycles. The molecule has 0 aliphatic rings. The molecule has 0 atom stereocenters. The van der Waals surface area contributed by atoms with Gasteiger partial charge in [0.25, 0.3) is 0 Å². The summed E-state index contributed by atoms with van der Waals surface area (Å²) in [7, 11) is 0. The van der Waals surface area contributed by atoms with Crippen LogP contribution in [-0.2, 0) is 5.41 Å². The highest BCUT2D eigenvalue weighted by Gasteiger charge is 2.26. The van der Waals surface area contributed by atoms with Gasteiger partial charge in [-0.05, 0) is 49.2 Å². The lowest BCUT2D eigenvalue weighted by Crippen LogP contribution is -2.20. The number of Topliss-reactive ketones (excluding diaryl/α,β-unsaturated/α-hetero) is 2. The monoisotopic (exact) mass is 312 g/mol. The zero-order valence-corrected chi connectivity index (χ0v) is 13.7. The molecule has 0 aliphatic carbocycles. The summed E-state index contributed by atoms with van der Waals surface area (Å²) in [5, 5.41) is 19.6. The third-order valence-corrected chi connectivity index (χ3v) is 4.20. The van der Waals surface area contributed by atoms with Crippen molar-refractivity contribution in [3.05, 3.63) is 58.7 Å². The van der Waals surface area contributed by atoms with Crippen LogP contribution in [0.15, 0.2) is 36.4 Å². The highest BCUT2D eigenvalue weighted by Crippen LogP contribution is 2.35. The number of carbonyl (C=O) groups excluding carboxylic acids is 2. The molecule has 2 rings (SSSR count). The van der Waals surface area contributed by atoms with Crippen molar-refractivity contribution in [1.82, 2.24) is 0 Å². The molecule has 23 heavy (non-hydrogen) atoms. The first-order chi connectivity index (χ1) is 10.6. The Balaban J connectivity index is 2.58. The number of benzene rings is 2. The number of ketones is 2. The first-order valence-corrected chi connectivity index (χ1v) is 7.33. The van der Waals surface area contributed by atoms with E-state index < -0.39 is 5.41 Å². The summed E-state index contributed by atoms with van der Waals surface area (Å²) in [6.45, 7) is 6.72. The molecule has 0 amide bonds. The van der Waals surface area contributed by atoms with Gasteiger partial charge in [-0.1, -0.05) is 26.0 Å². The maximum Gasteiger partial charge on any atom is 0.163 e. The van der Waals surface area contributed by atoms with E-state index in [1.165, 1.54) is 26.0 Å². The summed E-state index contributed by atoms with van der Waals surface area (Å²) in [5.41, 5.74) is 1.69. The third-order valence-electron chi connectivity index (χ3n) is 4.20. The van der Waals surface area contributed by atoms with Crippen molar-refractivity contribution in [3.8, 4) is 11.5 Å². The molecule has 2 N–H and O–H groups in total. The molecule has 0 saturated heterocycles. The Bertz CT molecular complexity index is 722. The van der Waals surface area contributed by atoms with Gasteiger partial charge >= 0.3 is 0 Å². The van der Waals surface area contributed by atoms with Crippen LogP contribution in [-0.4, -0.2) is 21.8 Å². The smallest absolute Gasteiger partial charge is 0.163 e. The fourth-order valence-electron chi connectivity index (χ4n) is 2.58. The van der Waals surface area contributed by atoms with Gasteiger partial charge in [0.05, 0.1) is 11.1 Å². The van der Waals surface area contributed by atoms with Gasteiger partial charge in [0.15, 0.2) is 11.6 Å². The minimum Gasteiger partial charge on any atom is -0.507 e. The molecule has 0 unspecified atom stereocenters. The Morgan fingerprint density at radius 1 is 0.783 bits per heavy atom. The van der Waals surface area contributed by atoms with Crippen LogP contribution in [0.25, 0.3) is 0 Å². The van der Waals surface area contributed by atoms with Gasteiger partial charge in [-0.3, -0.25) is 9.59 Å². The Morgan fingerprint density at radius 3 is 1.43 bits per heavy atom. The largest absolute Gasteiger partial charge is 0.507 e. The first-order valence-electron chi connectivity index (χ1n) is 7.33. The van der Waals surface area contributed by atoms with Crippen LogP contribution in [0.3, 0.4) is 0 Å². The van der Waals surface area contributed by atoms with Crippen molar-refractivity contribution < 1.29 is 19.8 Å². The molecule has 0 spiro atoms. The Morgan fingerprint density at radius 2 is 1.13 bits per heavy atom. The number of aromatic hydroxyl groups is 2. The SMILES string of the molecule is CC(=O)c1cc(C(C)(C)c2ccc(O)c(C(C)=O)c2)ccc1O. The minimum atomic E-state index is -0.504. The second kappa shape index (κ2) is 5.88. The maximum atomic E-state index is 11.6. The quantitative estimate of drug-likeness (QED) is 0.841. The standard InChI is InChI=1S/C19H20O4/c1-11(20)15-9-13(5-7-17(15)22)19(3,4)14-6-8-18(23)16(10-14)12(2)21/h5-10,22-23H,1-4H3. The second-order valence-corrected chi connectivity index (χ2v) is 6.20. The van der Waals surface area contributed by atoms with Gasteiger partial charge in [0, 0.05) is 5.41 Å². The Labute approximate surface area is 135 Å². The van der Waals surface area contributed by atoms with Crippen molar-refractivity contribution in [2.45, 2.75) is 33.1 Å². The van der Waals surface area contributed by atoms with Gasteiger partial charge in [-0.2, -0.15) is 0 Å². The van der Waals surface area contributed by atoms with E-state index in [4.69, 9.17) is 0 Å². The maximum absolute atomic E-state index is 11.6. The lowest BCUT2D eigenvalue weighted by molar-refractivity contribution is 0.100. The number of hydrogen-bond acceptors (Lipinski definition) is 4. The average molecular weight is 312 g/mol. The van der Waals surface area contributed by atoms with Gasteiger partial charge in [-0.25, -0.2) is 0 Å². The molecular formula is C19H20O4. The van der Waals surface area contributed by atoms with Crippen molar-refractivity contribution in [3.63, 3.8) is 0 Å². The fourth-order valence-corrected chi connectivity index (χ4v) is 2.58. The summed E-state index contributed by atoms with van der Waals surface area (Å²) in [5.74, 6) is -0.523. The van der Waals surface area contributed by atoms with Crippen molar-refractivity contribution >= 4 is 11.6 Å². The molecule has 0 radical (unpaired) electrons. The zero-order chi connectivity index (χ0) is 17.4. The van der Waals surface area contributed by atoms with E-state index in [0.717, 1.165) is 11.1 Å². The highest BCUT2D eigenvalue weighted by molar-refractivity contribution is 5.97. The van der Waals surface area contributed by atoms with Crippen molar-refractivity contribution in [1.29, 1.82) is 0 Å². The molecule has 0 bridgehead atoms. The molecule has 0 fully saturated rings. The minimum absolute atomic E-state index is 0.0489. The van der Waals surface area contributed by atoms with E-state index in [-0.39, 0.29) is 34.2 Å². The van der Waals surface area contributed by atoms with E-state index in [9.17, 15) is 19.8 Å². The molecule has 2 aromatic rings. The Kier molecular flexibility index (Phi) is 4.28. The third kappa shape index (κ3) is 3.11. The van der Waals surface area contributed by atoms with Crippen LogP contribution in [0.5, 0.6) is 11.5 Å². The normalized spacial score (nSPS) is 11.3. The predicted octanol–water partition coefficient (Wildman–Crippen LogP) is 3.83. The van der Waals surface area contributed by atoms with Crippen LogP contribution in [0, 0.1) is 0 Å². The topological polar surface area (TPSA) is 74.6 Å². The second-order valence-electron chi connectivity index (χ2n) is 6.20. The lowest BCUT2D eigenvalue weighted by atomic mass is 9.76. The van der Waals surface area contributed by atoms with E-state index in [1.54, 1.807) is 24.3 Å². The van der Waals surface area contributed by atoms with E-state index >= 15 is 0 Å². The summed E-state index contributed by atoms with van der Waals surface area (Å²) in [4.78, 5) is 23.3. The molecular weight excluding hydrogens is 292 g/mol. The van der Waals surface area contributed by atoms with Crippen LogP contribution < -0.4 is 0 Å². The number of carbonyl (C=O) groups is 2. The molecule has 4 heteroatoms. The summed E-state index contributed by atoms with van der Waals surface area (Å²) < 4.78 is 0. The number of hydrogen-bond donors (Lipinski definition) is 2. The zero-order valence-electron chi connectivity index (χ0n) is 13.7.